The van der Waals surface area contributed by atoms with E-state index < -0.39 is 134 Å². The number of ketones is 1. The zero-order valence-corrected chi connectivity index (χ0v) is 50.1. The number of amides is 1. The predicted octanol–water partition coefficient (Wildman–Crippen LogP) is 9.80. The van der Waals surface area contributed by atoms with E-state index in [2.05, 4.69) is 26.1 Å². The van der Waals surface area contributed by atoms with Crippen molar-refractivity contribution in [2.24, 2.45) is 16.7 Å². The van der Waals surface area contributed by atoms with E-state index in [9.17, 15) is 19.5 Å². The van der Waals surface area contributed by atoms with Gasteiger partial charge in [-0.15, -0.1) is 0 Å². The van der Waals surface area contributed by atoms with E-state index in [1.54, 1.807) is 94.4 Å². The number of rotatable bonds is 18. The van der Waals surface area contributed by atoms with E-state index in [1.165, 1.54) is 33.1 Å². The molecule has 0 unspecified atom stereocenters. The van der Waals surface area contributed by atoms with Gasteiger partial charge in [-0.3, -0.25) is 19.2 Å². The molecule has 4 aliphatic rings. The van der Waals surface area contributed by atoms with Crippen LogP contribution in [0.5, 0.6) is 5.75 Å². The summed E-state index contributed by atoms with van der Waals surface area (Å²) in [5.74, 6) is -5.59. The average Bonchev–Trinajstić information content (AvgIpc) is 3.29. The fraction of sp³-hybridized carbons (Fsp3) is 0.567. The second-order valence-electron chi connectivity index (χ2n) is 23.9. The smallest absolute Gasteiger partial charge is 0.338 e. The highest BCUT2D eigenvalue weighted by molar-refractivity contribution is 6.74. The van der Waals surface area contributed by atoms with Gasteiger partial charge in [-0.1, -0.05) is 110 Å². The molecule has 7 rings (SSSR count). The lowest BCUT2D eigenvalue weighted by molar-refractivity contribution is -0.344. The molecule has 1 aliphatic heterocycles. The molecule has 2 N–H and O–H groups in total. The van der Waals surface area contributed by atoms with Crippen LogP contribution in [-0.2, 0) is 51.7 Å². The zero-order valence-electron chi connectivity index (χ0n) is 48.1. The van der Waals surface area contributed by atoms with Gasteiger partial charge in [0, 0.05) is 37.7 Å². The summed E-state index contributed by atoms with van der Waals surface area (Å²) in [7, 11) is -4.18. The topological polar surface area (TPSA) is 209 Å². The molecule has 3 fully saturated rings. The molecule has 1 heterocycles. The van der Waals surface area contributed by atoms with Crippen LogP contribution in [0.3, 0.4) is 0 Å². The van der Waals surface area contributed by atoms with E-state index in [-0.39, 0.29) is 24.2 Å². The van der Waals surface area contributed by atoms with Gasteiger partial charge in [0.25, 0.3) is 5.91 Å². The number of hydrogen-bond donors (Lipinski definition) is 2. The molecule has 0 radical (unpaired) electrons. The summed E-state index contributed by atoms with van der Waals surface area (Å²) >= 11 is 0. The second kappa shape index (κ2) is 22.6. The summed E-state index contributed by atoms with van der Waals surface area (Å²) in [5.41, 5.74) is -6.27. The molecule has 1 amide bonds. The van der Waals surface area contributed by atoms with Crippen molar-refractivity contribution < 1.29 is 71.1 Å². The molecular formula is C60H81NO15Si2. The molecule has 3 aromatic carbocycles. The fourth-order valence-electron chi connectivity index (χ4n) is 12.4. The Morgan fingerprint density at radius 2 is 1.44 bits per heavy atom. The lowest BCUT2D eigenvalue weighted by atomic mass is 9.44. The maximum Gasteiger partial charge on any atom is 0.338 e. The minimum Gasteiger partial charge on any atom is -0.497 e. The first-order valence-electron chi connectivity index (χ1n) is 27.3. The Morgan fingerprint density at radius 1 is 0.833 bits per heavy atom. The number of Topliss-reactive ketones (excluding diaryl/α,β-unsaturated/α-hetero) is 1. The third-order valence-electron chi connectivity index (χ3n) is 18.3. The van der Waals surface area contributed by atoms with E-state index in [0.29, 0.717) is 40.6 Å². The van der Waals surface area contributed by atoms with Crippen molar-refractivity contribution in [3.8, 4) is 5.75 Å². The van der Waals surface area contributed by atoms with Crippen LogP contribution in [0.2, 0.25) is 36.3 Å². The van der Waals surface area contributed by atoms with Crippen molar-refractivity contribution in [1.82, 2.24) is 5.32 Å². The van der Waals surface area contributed by atoms with Crippen molar-refractivity contribution in [1.29, 1.82) is 0 Å². The predicted molar refractivity (Wildman–Crippen MR) is 296 cm³/mol. The Morgan fingerprint density at radius 3 is 1.97 bits per heavy atom. The van der Waals surface area contributed by atoms with E-state index in [4.69, 9.17) is 37.3 Å². The Balaban J connectivity index is 1.50. The normalized spacial score (nSPS) is 28.4. The minimum absolute atomic E-state index is 0.0467. The quantitative estimate of drug-likeness (QED) is 0.0526. The summed E-state index contributed by atoms with van der Waals surface area (Å²) in [4.78, 5) is 89.1. The van der Waals surface area contributed by atoms with Crippen LogP contribution < -0.4 is 10.1 Å². The van der Waals surface area contributed by atoms with Gasteiger partial charge in [-0.2, -0.15) is 0 Å². The number of nitrogens with one attached hydrogen (secondary N) is 1. The number of ether oxygens (including phenoxy) is 6. The van der Waals surface area contributed by atoms with Crippen LogP contribution in [-0.4, -0.2) is 119 Å². The summed E-state index contributed by atoms with van der Waals surface area (Å²) in [6.45, 7) is 25.0. The number of hydrogen-bond acceptors (Lipinski definition) is 15. The van der Waals surface area contributed by atoms with Gasteiger partial charge in [0.05, 0.1) is 42.8 Å². The Hall–Kier alpha value is -5.51. The van der Waals surface area contributed by atoms with Gasteiger partial charge in [-0.05, 0) is 97.2 Å². The summed E-state index contributed by atoms with van der Waals surface area (Å²) in [5, 5.41) is 17.1. The lowest BCUT2D eigenvalue weighted by Crippen LogP contribution is -2.82. The number of benzene rings is 3. The summed E-state index contributed by atoms with van der Waals surface area (Å²) < 4.78 is 52.6. The van der Waals surface area contributed by atoms with E-state index in [1.807, 2.05) is 39.9 Å². The first-order chi connectivity index (χ1) is 36.5. The van der Waals surface area contributed by atoms with Crippen LogP contribution >= 0.6 is 0 Å². The summed E-state index contributed by atoms with van der Waals surface area (Å²) in [6, 6.07) is 24.7. The van der Waals surface area contributed by atoms with Crippen molar-refractivity contribution >= 4 is 52.2 Å². The molecule has 11 atom stereocenters. The average molecular weight is 1110 g/mol. The number of carbonyl (C=O) groups excluding carboxylic acids is 6. The van der Waals surface area contributed by atoms with Crippen LogP contribution in [0.1, 0.15) is 128 Å². The molecule has 3 aliphatic carbocycles. The number of methoxy groups -OCH3 is 1. The van der Waals surface area contributed by atoms with Gasteiger partial charge in [0.1, 0.15) is 29.7 Å². The first kappa shape index (κ1) is 60.1. The molecule has 0 spiro atoms. The second-order valence-corrected chi connectivity index (χ2v) is 33.4. The van der Waals surface area contributed by atoms with E-state index in [0.717, 1.165) is 0 Å². The monoisotopic (exact) mass is 1110 g/mol. The van der Waals surface area contributed by atoms with Crippen molar-refractivity contribution in [2.45, 2.75) is 186 Å². The minimum atomic E-state index is -2.96. The van der Waals surface area contributed by atoms with Crippen molar-refractivity contribution in [3.63, 3.8) is 0 Å². The van der Waals surface area contributed by atoms with Crippen LogP contribution in [0.15, 0.2) is 96.1 Å². The van der Waals surface area contributed by atoms with Crippen LogP contribution in [0.25, 0.3) is 0 Å². The third kappa shape index (κ3) is 10.8. The third-order valence-corrected chi connectivity index (χ3v) is 27.4. The Kier molecular flexibility index (Phi) is 17.4. The molecule has 16 nitrogen and oxygen atoms in total. The molecule has 0 aromatic heterocycles. The largest absolute Gasteiger partial charge is 0.497 e. The molecule has 2 bridgehead atoms. The highest BCUT2D eigenvalue weighted by Gasteiger charge is 2.79. The van der Waals surface area contributed by atoms with Crippen molar-refractivity contribution in [2.75, 3.05) is 13.7 Å². The number of fused-ring (bicyclic) bond motifs is 5. The molecule has 424 valence electrons. The standard InChI is InChI=1S/C60H81NO15Si2/c1-16-78(17-2,18-3)75-44-33-45-59(35-70-45,74-38(6)63)50-52(73-54(66)41-30-25-31-42(32-41)69-13)60(68)34-43(36(4)46(57(60,10)11)48(71-37(5)62)51(64)58(44,50)12)72-55(67)49(76-77(14,15)56(7,8)9)47(39-26-21-19-22-27-39)61-53(65)40-28-23-20-24-29-40/h19-32,43-45,47-50,52,68H,16-18,33-35H2,1-15H3,(H,61,65)/t43-,44-,45+,47-,48+,49+,50-,52-,58+,59-,60+/m0/s1. The number of aliphatic hydroxyl groups is 1. The maximum absolute atomic E-state index is 16.7. The highest BCUT2D eigenvalue weighted by atomic mass is 28.4. The van der Waals surface area contributed by atoms with Crippen LogP contribution in [0, 0.1) is 16.7 Å². The maximum atomic E-state index is 16.7. The lowest BCUT2D eigenvalue weighted by Gasteiger charge is -2.68. The van der Waals surface area contributed by atoms with E-state index >= 15 is 14.4 Å². The van der Waals surface area contributed by atoms with Crippen LogP contribution in [0.4, 0.5) is 0 Å². The SMILES string of the molecule is CC[Si](CC)(CC)O[C@H]1C[C@H]2OC[C@@]2(OC(C)=O)[C@H]2[C@H](OC(=O)c3cccc(OC)c3)[C@]3(O)C[C@H](OC(=O)[C@H](O[Si](C)(C)C(C)(C)C)[C@@H](NC(=O)c4ccccc4)c4ccccc4)C(C)=C([C@@H](OC(C)=O)C(=O)[C@]12C)C3(C)C. The highest BCUT2D eigenvalue weighted by Crippen LogP contribution is 2.65. The Bertz CT molecular complexity index is 2770. The molecule has 3 aromatic rings. The molecule has 18 heteroatoms. The zero-order chi connectivity index (χ0) is 57.6. The van der Waals surface area contributed by atoms with Gasteiger partial charge < -0.3 is 47.7 Å². The Labute approximate surface area is 461 Å². The molecular weight excluding hydrogens is 1030 g/mol. The van der Waals surface area contributed by atoms with Crippen molar-refractivity contribution in [3.05, 3.63) is 113 Å². The fourth-order valence-corrected chi connectivity index (χ4v) is 16.6. The molecule has 78 heavy (non-hydrogen) atoms. The van der Waals surface area contributed by atoms with Gasteiger partial charge in [0.15, 0.2) is 40.2 Å². The summed E-state index contributed by atoms with van der Waals surface area (Å²) in [6.07, 6.45) is -8.75. The number of carbonyl (C=O) groups is 6. The van der Waals surface area contributed by atoms with Gasteiger partial charge in [-0.25, -0.2) is 9.59 Å². The number of esters is 4. The first-order valence-corrected chi connectivity index (χ1v) is 32.7. The van der Waals surface area contributed by atoms with Gasteiger partial charge in [0.2, 0.25) is 0 Å². The molecule has 1 saturated heterocycles. The van der Waals surface area contributed by atoms with Gasteiger partial charge >= 0.3 is 23.9 Å². The molecule has 2 saturated carbocycles.